The first-order chi connectivity index (χ1) is 14.6. The Morgan fingerprint density at radius 1 is 1.20 bits per heavy atom. The molecule has 0 fully saturated rings. The van der Waals surface area contributed by atoms with Gasteiger partial charge in [0.05, 0.1) is 23.2 Å². The van der Waals surface area contributed by atoms with Gasteiger partial charge in [-0.15, -0.1) is 0 Å². The van der Waals surface area contributed by atoms with E-state index >= 15 is 0 Å². The summed E-state index contributed by atoms with van der Waals surface area (Å²) in [6, 6.07) is 12.5. The molecule has 7 heteroatoms. The highest BCUT2D eigenvalue weighted by Crippen LogP contribution is 2.16. The van der Waals surface area contributed by atoms with Crippen LogP contribution < -0.4 is 15.7 Å². The summed E-state index contributed by atoms with van der Waals surface area (Å²) in [4.78, 5) is 29.7. The summed E-state index contributed by atoms with van der Waals surface area (Å²) in [7, 11) is 0. The average molecular weight is 404 g/mol. The van der Waals surface area contributed by atoms with Crippen molar-refractivity contribution in [1.29, 1.82) is 0 Å². The first kappa shape index (κ1) is 19.8. The zero-order chi connectivity index (χ0) is 21.1. The topological polar surface area (TPSA) is 85.6 Å². The Balaban J connectivity index is 1.50. The lowest BCUT2D eigenvalue weighted by atomic mass is 10.1. The second kappa shape index (κ2) is 8.49. The van der Waals surface area contributed by atoms with Gasteiger partial charge < -0.3 is 4.74 Å². The van der Waals surface area contributed by atoms with Crippen molar-refractivity contribution in [2.45, 2.75) is 39.7 Å². The average Bonchev–Trinajstić information content (AvgIpc) is 3.24. The molecule has 7 nitrogen and oxygen atoms in total. The van der Waals surface area contributed by atoms with Gasteiger partial charge in [-0.2, -0.15) is 5.10 Å². The van der Waals surface area contributed by atoms with Crippen LogP contribution in [0.15, 0.2) is 52.4 Å². The number of amides is 1. The van der Waals surface area contributed by atoms with Gasteiger partial charge in [0.2, 0.25) is 0 Å². The van der Waals surface area contributed by atoms with Gasteiger partial charge in [-0.1, -0.05) is 6.92 Å². The highest BCUT2D eigenvalue weighted by Gasteiger charge is 2.17. The van der Waals surface area contributed by atoms with Crippen molar-refractivity contribution in [2.75, 3.05) is 6.61 Å². The fraction of sp³-hybridized carbons (Fsp3) is 0.304. The van der Waals surface area contributed by atoms with Crippen molar-refractivity contribution in [1.82, 2.24) is 15.0 Å². The smallest absolute Gasteiger partial charge is 0.271 e. The predicted molar refractivity (Wildman–Crippen MR) is 116 cm³/mol. The van der Waals surface area contributed by atoms with Crippen LogP contribution in [0.5, 0.6) is 5.75 Å². The summed E-state index contributed by atoms with van der Waals surface area (Å²) in [6.07, 6.45) is 2.66. The fourth-order valence-electron chi connectivity index (χ4n) is 3.50. The molecule has 0 unspecified atom stereocenters. The molecule has 1 N–H and O–H groups in total. The number of hydrazone groups is 1. The minimum atomic E-state index is -0.346. The number of fused-ring (bicyclic) bond motifs is 2. The van der Waals surface area contributed by atoms with E-state index in [9.17, 15) is 9.59 Å². The number of rotatable bonds is 6. The van der Waals surface area contributed by atoms with E-state index in [-0.39, 0.29) is 11.5 Å². The molecule has 2 heterocycles. The number of nitrogens with one attached hydrogen (secondary N) is 1. The SMILES string of the molecule is CCCOc1ccc(/C(C)=N\NC(=O)c2ccc3c(=O)n4c(nc3c2)CCC4)cc1. The van der Waals surface area contributed by atoms with E-state index in [4.69, 9.17) is 4.74 Å². The molecule has 0 saturated heterocycles. The van der Waals surface area contributed by atoms with Crippen LogP contribution in [-0.2, 0) is 13.0 Å². The van der Waals surface area contributed by atoms with Crippen molar-refractivity contribution < 1.29 is 9.53 Å². The molecule has 4 rings (SSSR count). The van der Waals surface area contributed by atoms with E-state index in [1.54, 1.807) is 22.8 Å². The number of hydrogen-bond donors (Lipinski definition) is 1. The van der Waals surface area contributed by atoms with Crippen molar-refractivity contribution in [2.24, 2.45) is 5.10 Å². The quantitative estimate of drug-likeness (QED) is 0.505. The van der Waals surface area contributed by atoms with Crippen molar-refractivity contribution >= 4 is 22.5 Å². The number of nitrogens with zero attached hydrogens (tertiary/aromatic N) is 3. The number of carbonyl (C=O) groups excluding carboxylic acids is 1. The summed E-state index contributed by atoms with van der Waals surface area (Å²) >= 11 is 0. The Morgan fingerprint density at radius 3 is 2.73 bits per heavy atom. The van der Waals surface area contributed by atoms with Crippen LogP contribution >= 0.6 is 0 Å². The number of carbonyl (C=O) groups is 1. The molecule has 154 valence electrons. The molecule has 3 aromatic rings. The molecule has 0 aliphatic carbocycles. The van der Waals surface area contributed by atoms with Gasteiger partial charge in [0.25, 0.3) is 11.5 Å². The normalized spacial score (nSPS) is 13.3. The zero-order valence-corrected chi connectivity index (χ0v) is 17.1. The molecule has 0 radical (unpaired) electrons. The third-order valence-electron chi connectivity index (χ3n) is 5.15. The van der Waals surface area contributed by atoms with E-state index in [1.807, 2.05) is 31.2 Å². The number of ether oxygens (including phenoxy) is 1. The zero-order valence-electron chi connectivity index (χ0n) is 17.1. The Kier molecular flexibility index (Phi) is 5.61. The first-order valence-corrected chi connectivity index (χ1v) is 10.2. The van der Waals surface area contributed by atoms with Crippen molar-refractivity contribution in [3.8, 4) is 5.75 Å². The van der Waals surface area contributed by atoms with Crippen molar-refractivity contribution in [3.63, 3.8) is 0 Å². The molecule has 0 spiro atoms. The van der Waals surface area contributed by atoms with Crippen LogP contribution in [0, 0.1) is 0 Å². The van der Waals surface area contributed by atoms with Gasteiger partial charge in [-0.05, 0) is 67.8 Å². The van der Waals surface area contributed by atoms with E-state index in [0.29, 0.717) is 35.3 Å². The molecule has 1 aliphatic rings. The third-order valence-corrected chi connectivity index (χ3v) is 5.15. The molecule has 0 atom stereocenters. The summed E-state index contributed by atoms with van der Waals surface area (Å²) < 4.78 is 7.29. The van der Waals surface area contributed by atoms with Gasteiger partial charge in [-0.25, -0.2) is 10.4 Å². The molecule has 1 aliphatic heterocycles. The van der Waals surface area contributed by atoms with E-state index in [0.717, 1.165) is 36.4 Å². The van der Waals surface area contributed by atoms with Crippen LogP contribution in [0.25, 0.3) is 10.9 Å². The molecule has 0 saturated carbocycles. The molecular formula is C23H24N4O3. The van der Waals surface area contributed by atoms with Crippen LogP contribution in [0.3, 0.4) is 0 Å². The number of aromatic nitrogens is 2. The third kappa shape index (κ3) is 3.96. The first-order valence-electron chi connectivity index (χ1n) is 10.2. The number of benzene rings is 2. The van der Waals surface area contributed by atoms with E-state index in [2.05, 4.69) is 22.4 Å². The molecule has 1 amide bonds. The standard InChI is InChI=1S/C23H24N4O3/c1-3-13-30-18-9-6-16(7-10-18)15(2)25-26-22(28)17-8-11-19-20(14-17)24-21-5-4-12-27(21)23(19)29/h6-11,14H,3-5,12-13H2,1-2H3,(H,26,28)/b25-15-. The Morgan fingerprint density at radius 2 is 1.97 bits per heavy atom. The Labute approximate surface area is 174 Å². The molecule has 0 bridgehead atoms. The van der Waals surface area contributed by atoms with Crippen molar-refractivity contribution in [3.05, 3.63) is 69.8 Å². The number of hydrogen-bond acceptors (Lipinski definition) is 5. The van der Waals surface area contributed by atoms with Crippen LogP contribution in [0.4, 0.5) is 0 Å². The second-order valence-electron chi connectivity index (χ2n) is 7.33. The maximum absolute atomic E-state index is 12.6. The maximum Gasteiger partial charge on any atom is 0.271 e. The highest BCUT2D eigenvalue weighted by atomic mass is 16.5. The second-order valence-corrected chi connectivity index (χ2v) is 7.33. The number of aryl methyl sites for hydroxylation is 1. The fourth-order valence-corrected chi connectivity index (χ4v) is 3.50. The summed E-state index contributed by atoms with van der Waals surface area (Å²) in [5.74, 6) is 1.25. The van der Waals surface area contributed by atoms with Gasteiger partial charge in [0.15, 0.2) is 0 Å². The molecule has 1 aromatic heterocycles. The van der Waals surface area contributed by atoms with Crippen LogP contribution in [0.1, 0.15) is 48.4 Å². The lowest BCUT2D eigenvalue weighted by Gasteiger charge is -2.07. The molecule has 2 aromatic carbocycles. The van der Waals surface area contributed by atoms with Gasteiger partial charge >= 0.3 is 0 Å². The summed E-state index contributed by atoms with van der Waals surface area (Å²) in [6.45, 7) is 5.27. The van der Waals surface area contributed by atoms with Gasteiger partial charge in [0.1, 0.15) is 11.6 Å². The largest absolute Gasteiger partial charge is 0.494 e. The van der Waals surface area contributed by atoms with E-state index in [1.165, 1.54) is 0 Å². The van der Waals surface area contributed by atoms with E-state index < -0.39 is 0 Å². The highest BCUT2D eigenvalue weighted by molar-refractivity contribution is 6.01. The predicted octanol–water partition coefficient (Wildman–Crippen LogP) is 3.29. The summed E-state index contributed by atoms with van der Waals surface area (Å²) in [5.41, 5.74) is 5.07. The van der Waals surface area contributed by atoms with Gasteiger partial charge in [0, 0.05) is 18.5 Å². The monoisotopic (exact) mass is 404 g/mol. The summed E-state index contributed by atoms with van der Waals surface area (Å²) in [5, 5.41) is 4.74. The Bertz CT molecular complexity index is 1180. The molecular weight excluding hydrogens is 380 g/mol. The molecule has 30 heavy (non-hydrogen) atoms. The van der Waals surface area contributed by atoms with Crippen LogP contribution in [-0.4, -0.2) is 27.8 Å². The Hall–Kier alpha value is -3.48. The van der Waals surface area contributed by atoms with Gasteiger partial charge in [-0.3, -0.25) is 14.2 Å². The minimum absolute atomic E-state index is 0.0420. The minimum Gasteiger partial charge on any atom is -0.494 e. The maximum atomic E-state index is 12.6. The van der Waals surface area contributed by atoms with Crippen LogP contribution in [0.2, 0.25) is 0 Å². The lowest BCUT2D eigenvalue weighted by molar-refractivity contribution is 0.0955. The lowest BCUT2D eigenvalue weighted by Crippen LogP contribution is -2.22.